The van der Waals surface area contributed by atoms with E-state index in [0.29, 0.717) is 31.4 Å². The van der Waals surface area contributed by atoms with E-state index in [1.54, 1.807) is 0 Å². The van der Waals surface area contributed by atoms with Gasteiger partial charge in [0, 0.05) is 6.04 Å². The summed E-state index contributed by atoms with van der Waals surface area (Å²) in [6.45, 7) is 0. The second-order valence-electron chi connectivity index (χ2n) is 4.11. The molecule has 0 aromatic carbocycles. The van der Waals surface area contributed by atoms with Gasteiger partial charge in [0.15, 0.2) is 0 Å². The highest BCUT2D eigenvalue weighted by molar-refractivity contribution is 5.64. The van der Waals surface area contributed by atoms with Gasteiger partial charge in [0.2, 0.25) is 0 Å². The zero-order chi connectivity index (χ0) is 11.6. The molecule has 4 N–H and O–H groups in total. The van der Waals surface area contributed by atoms with Crippen molar-refractivity contribution in [3.63, 3.8) is 0 Å². The van der Waals surface area contributed by atoms with Crippen LogP contribution >= 0.6 is 0 Å². The fourth-order valence-corrected chi connectivity index (χ4v) is 2.10. The van der Waals surface area contributed by atoms with Gasteiger partial charge in [-0.2, -0.15) is 15.4 Å². The third kappa shape index (κ3) is 2.13. The van der Waals surface area contributed by atoms with Crippen LogP contribution in [0.4, 0.5) is 4.79 Å². The Kier molecular flexibility index (Phi) is 2.78. The second kappa shape index (κ2) is 4.09. The van der Waals surface area contributed by atoms with E-state index < -0.39 is 11.7 Å². The zero-order valence-electron chi connectivity index (χ0n) is 8.68. The van der Waals surface area contributed by atoms with E-state index in [1.807, 2.05) is 0 Å². The second-order valence-corrected chi connectivity index (χ2v) is 4.11. The fourth-order valence-electron chi connectivity index (χ4n) is 2.10. The highest BCUT2D eigenvalue weighted by Crippen LogP contribution is 2.35. The highest BCUT2D eigenvalue weighted by atomic mass is 16.4. The number of aliphatic hydroxyl groups is 1. The number of hydrogen-bond acceptors (Lipinski definition) is 4. The van der Waals surface area contributed by atoms with Gasteiger partial charge in [-0.1, -0.05) is 0 Å². The largest absolute Gasteiger partial charge is 0.465 e. The van der Waals surface area contributed by atoms with E-state index in [4.69, 9.17) is 5.11 Å². The van der Waals surface area contributed by atoms with E-state index in [2.05, 4.69) is 20.7 Å². The summed E-state index contributed by atoms with van der Waals surface area (Å²) in [7, 11) is 0. The first-order valence-electron chi connectivity index (χ1n) is 5.18. The first kappa shape index (κ1) is 10.9. The third-order valence-electron chi connectivity index (χ3n) is 3.03. The Labute approximate surface area is 91.9 Å². The molecule has 1 heterocycles. The lowest BCUT2D eigenvalue weighted by Crippen LogP contribution is -2.41. The lowest BCUT2D eigenvalue weighted by atomic mass is 9.80. The summed E-state index contributed by atoms with van der Waals surface area (Å²) >= 11 is 0. The van der Waals surface area contributed by atoms with Gasteiger partial charge in [-0.25, -0.2) is 4.79 Å². The number of aromatic amines is 1. The van der Waals surface area contributed by atoms with Crippen LogP contribution in [-0.2, 0) is 5.60 Å². The van der Waals surface area contributed by atoms with Crippen LogP contribution in [0.1, 0.15) is 31.4 Å². The minimum Gasteiger partial charge on any atom is -0.465 e. The minimum absolute atomic E-state index is 0.0790. The molecule has 0 spiro atoms. The van der Waals surface area contributed by atoms with Crippen LogP contribution in [0.3, 0.4) is 0 Å². The normalized spacial score (nSPS) is 29.9. The summed E-state index contributed by atoms with van der Waals surface area (Å²) in [6.07, 6.45) is 2.68. The molecule has 2 rings (SSSR count). The van der Waals surface area contributed by atoms with Crippen molar-refractivity contribution in [3.8, 4) is 0 Å². The molecule has 88 valence electrons. The Hall–Kier alpha value is -1.63. The van der Waals surface area contributed by atoms with Crippen molar-refractivity contribution < 1.29 is 15.0 Å². The number of hydrogen-bond donors (Lipinski definition) is 4. The standard InChI is InChI=1S/C9H14N4O3/c14-8(15)11-6-1-3-9(16,4-2-6)7-5-10-13-12-7/h5-6,11,16H,1-4H2,(H,14,15)(H,10,12,13). The Balaban J connectivity index is 1.96. The molecule has 1 saturated carbocycles. The first-order chi connectivity index (χ1) is 7.60. The quantitative estimate of drug-likeness (QED) is 0.575. The van der Waals surface area contributed by atoms with Gasteiger partial charge in [0.05, 0.1) is 6.20 Å². The van der Waals surface area contributed by atoms with Gasteiger partial charge in [-0.15, -0.1) is 0 Å². The topological polar surface area (TPSA) is 111 Å². The number of nitrogens with one attached hydrogen (secondary N) is 2. The Bertz CT molecular complexity index is 357. The van der Waals surface area contributed by atoms with Crippen molar-refractivity contribution in [1.82, 2.24) is 20.7 Å². The minimum atomic E-state index is -1.02. The molecule has 0 saturated heterocycles. The van der Waals surface area contributed by atoms with Gasteiger partial charge < -0.3 is 15.5 Å². The molecule has 1 fully saturated rings. The maximum Gasteiger partial charge on any atom is 0.404 e. The van der Waals surface area contributed by atoms with Gasteiger partial charge in [0.1, 0.15) is 11.3 Å². The molecule has 1 aromatic heterocycles. The van der Waals surface area contributed by atoms with Gasteiger partial charge >= 0.3 is 6.09 Å². The van der Waals surface area contributed by atoms with Crippen molar-refractivity contribution in [2.75, 3.05) is 0 Å². The summed E-state index contributed by atoms with van der Waals surface area (Å²) in [4.78, 5) is 10.5. The predicted octanol–water partition coefficient (Wildman–Crippen LogP) is 0.202. The molecule has 7 heteroatoms. The summed E-state index contributed by atoms with van der Waals surface area (Å²) in [6, 6.07) is -0.0790. The Morgan fingerprint density at radius 3 is 2.75 bits per heavy atom. The zero-order valence-corrected chi connectivity index (χ0v) is 8.68. The van der Waals surface area contributed by atoms with Gasteiger partial charge in [-0.3, -0.25) is 0 Å². The number of rotatable bonds is 2. The van der Waals surface area contributed by atoms with Crippen LogP contribution in [0.5, 0.6) is 0 Å². The number of aromatic nitrogens is 3. The van der Waals surface area contributed by atoms with E-state index in [1.165, 1.54) is 6.20 Å². The molecular formula is C9H14N4O3. The van der Waals surface area contributed by atoms with Crippen LogP contribution in [0.25, 0.3) is 0 Å². The van der Waals surface area contributed by atoms with Crippen molar-refractivity contribution in [1.29, 1.82) is 0 Å². The van der Waals surface area contributed by atoms with Crippen molar-refractivity contribution in [2.45, 2.75) is 37.3 Å². The summed E-state index contributed by atoms with van der Waals surface area (Å²) < 4.78 is 0. The van der Waals surface area contributed by atoms with E-state index in [9.17, 15) is 9.90 Å². The average molecular weight is 226 g/mol. The Morgan fingerprint density at radius 1 is 1.56 bits per heavy atom. The maximum absolute atomic E-state index is 10.5. The van der Waals surface area contributed by atoms with Crippen molar-refractivity contribution >= 4 is 6.09 Å². The van der Waals surface area contributed by atoms with Gasteiger partial charge in [-0.05, 0) is 25.7 Å². The van der Waals surface area contributed by atoms with E-state index in [-0.39, 0.29) is 6.04 Å². The van der Waals surface area contributed by atoms with Crippen molar-refractivity contribution in [2.24, 2.45) is 0 Å². The molecule has 1 aromatic rings. The molecule has 16 heavy (non-hydrogen) atoms. The molecule has 0 bridgehead atoms. The number of nitrogens with zero attached hydrogens (tertiary/aromatic N) is 2. The third-order valence-corrected chi connectivity index (χ3v) is 3.03. The fraction of sp³-hybridized carbons (Fsp3) is 0.667. The van der Waals surface area contributed by atoms with Crippen LogP contribution in [-0.4, -0.2) is 37.8 Å². The number of amides is 1. The van der Waals surface area contributed by atoms with Crippen molar-refractivity contribution in [3.05, 3.63) is 11.9 Å². The molecule has 7 nitrogen and oxygen atoms in total. The molecule has 0 unspecified atom stereocenters. The lowest BCUT2D eigenvalue weighted by molar-refractivity contribution is -0.0118. The monoisotopic (exact) mass is 226 g/mol. The molecule has 1 aliphatic rings. The first-order valence-corrected chi connectivity index (χ1v) is 5.18. The molecular weight excluding hydrogens is 212 g/mol. The molecule has 0 aliphatic heterocycles. The van der Waals surface area contributed by atoms with E-state index >= 15 is 0 Å². The highest BCUT2D eigenvalue weighted by Gasteiger charge is 2.37. The summed E-state index contributed by atoms with van der Waals surface area (Å²) in [5.41, 5.74) is -0.440. The van der Waals surface area contributed by atoms with Gasteiger partial charge in [0.25, 0.3) is 0 Å². The van der Waals surface area contributed by atoms with Crippen LogP contribution < -0.4 is 5.32 Å². The van der Waals surface area contributed by atoms with Crippen LogP contribution in [0.2, 0.25) is 0 Å². The molecule has 1 aliphatic carbocycles. The van der Waals surface area contributed by atoms with Crippen LogP contribution in [0, 0.1) is 0 Å². The Morgan fingerprint density at radius 2 is 2.25 bits per heavy atom. The number of carbonyl (C=O) groups is 1. The predicted molar refractivity (Wildman–Crippen MR) is 53.7 cm³/mol. The van der Waals surface area contributed by atoms with Crippen LogP contribution in [0.15, 0.2) is 6.20 Å². The molecule has 1 amide bonds. The summed E-state index contributed by atoms with van der Waals surface area (Å²) in [5.74, 6) is 0. The number of H-pyrrole nitrogens is 1. The van der Waals surface area contributed by atoms with E-state index in [0.717, 1.165) is 0 Å². The molecule has 0 atom stereocenters. The summed E-state index contributed by atoms with van der Waals surface area (Å²) in [5, 5.41) is 31.3. The SMILES string of the molecule is O=C(O)NC1CCC(O)(c2cn[nH]n2)CC1. The maximum atomic E-state index is 10.5. The average Bonchev–Trinajstić information content (AvgIpc) is 2.75. The lowest BCUT2D eigenvalue weighted by Gasteiger charge is -2.34. The smallest absolute Gasteiger partial charge is 0.404 e. The number of carboxylic acid groups (broad SMARTS) is 1. The molecule has 0 radical (unpaired) electrons.